The Labute approximate surface area is 130 Å². The fraction of sp³-hybridized carbons (Fsp3) is 0.714. The van der Waals surface area contributed by atoms with E-state index in [0.717, 1.165) is 30.9 Å². The van der Waals surface area contributed by atoms with Gasteiger partial charge in [0.1, 0.15) is 0 Å². The molecule has 118 valence electrons. The average Bonchev–Trinajstić information content (AvgIpc) is 2.97. The van der Waals surface area contributed by atoms with Crippen LogP contribution in [0.25, 0.3) is 0 Å². The lowest BCUT2D eigenvalue weighted by Crippen LogP contribution is -2.30. The Hall–Kier alpha value is -0.470. The number of thiophene rings is 1. The monoisotopic (exact) mass is 329 g/mol. The molecule has 2 N–H and O–H groups in total. The SMILES string of the molecule is CN1CCC(CNS(=O)(=O)c2csc(CNC3CC3)c2)C1. The largest absolute Gasteiger partial charge is 0.309 e. The van der Waals surface area contributed by atoms with Crippen LogP contribution in [0.3, 0.4) is 0 Å². The van der Waals surface area contributed by atoms with Gasteiger partial charge in [0.15, 0.2) is 0 Å². The smallest absolute Gasteiger partial charge is 0.241 e. The minimum atomic E-state index is -3.35. The zero-order valence-electron chi connectivity index (χ0n) is 12.3. The molecule has 1 aromatic heterocycles. The first-order valence-corrected chi connectivity index (χ1v) is 9.88. The Morgan fingerprint density at radius 2 is 2.19 bits per heavy atom. The van der Waals surface area contributed by atoms with Gasteiger partial charge in [0.2, 0.25) is 10.0 Å². The van der Waals surface area contributed by atoms with Crippen LogP contribution in [-0.4, -0.2) is 46.0 Å². The highest BCUT2D eigenvalue weighted by Gasteiger charge is 2.24. The van der Waals surface area contributed by atoms with Crippen LogP contribution in [0.4, 0.5) is 0 Å². The van der Waals surface area contributed by atoms with E-state index in [1.54, 1.807) is 11.4 Å². The molecule has 1 atom stereocenters. The first-order valence-electron chi connectivity index (χ1n) is 7.52. The molecule has 2 fully saturated rings. The van der Waals surface area contributed by atoms with Crippen molar-refractivity contribution in [1.29, 1.82) is 0 Å². The quantitative estimate of drug-likeness (QED) is 0.790. The van der Waals surface area contributed by atoms with Crippen LogP contribution in [0.1, 0.15) is 24.1 Å². The summed E-state index contributed by atoms with van der Waals surface area (Å²) in [5.74, 6) is 0.430. The summed E-state index contributed by atoms with van der Waals surface area (Å²) in [7, 11) is -1.28. The highest BCUT2D eigenvalue weighted by Crippen LogP contribution is 2.23. The molecule has 1 unspecified atom stereocenters. The number of rotatable bonds is 7. The van der Waals surface area contributed by atoms with E-state index in [9.17, 15) is 8.42 Å². The number of nitrogens with one attached hydrogen (secondary N) is 2. The fourth-order valence-electron chi connectivity index (χ4n) is 2.63. The fourth-order valence-corrected chi connectivity index (χ4v) is 4.97. The first-order chi connectivity index (χ1) is 10.0. The van der Waals surface area contributed by atoms with Gasteiger partial charge >= 0.3 is 0 Å². The second-order valence-electron chi connectivity index (χ2n) is 6.17. The van der Waals surface area contributed by atoms with Crippen molar-refractivity contribution in [3.05, 3.63) is 16.3 Å². The highest BCUT2D eigenvalue weighted by molar-refractivity contribution is 7.89. The molecular weight excluding hydrogens is 306 g/mol. The van der Waals surface area contributed by atoms with Crippen LogP contribution < -0.4 is 10.0 Å². The van der Waals surface area contributed by atoms with Gasteiger partial charge in [0.05, 0.1) is 4.90 Å². The summed E-state index contributed by atoms with van der Waals surface area (Å²) in [4.78, 5) is 3.74. The van der Waals surface area contributed by atoms with E-state index in [4.69, 9.17) is 0 Å². The summed E-state index contributed by atoms with van der Waals surface area (Å²) in [6.45, 7) is 3.35. The van der Waals surface area contributed by atoms with E-state index in [1.165, 1.54) is 24.2 Å². The van der Waals surface area contributed by atoms with E-state index in [2.05, 4.69) is 22.0 Å². The highest BCUT2D eigenvalue weighted by atomic mass is 32.2. The number of sulfonamides is 1. The molecule has 7 heteroatoms. The number of hydrogen-bond acceptors (Lipinski definition) is 5. The Bertz CT molecular complexity index is 581. The van der Waals surface area contributed by atoms with E-state index >= 15 is 0 Å². The van der Waals surface area contributed by atoms with Gasteiger partial charge in [-0.1, -0.05) is 0 Å². The summed E-state index contributed by atoms with van der Waals surface area (Å²) in [6, 6.07) is 2.44. The topological polar surface area (TPSA) is 61.4 Å². The third-order valence-corrected chi connectivity index (χ3v) is 6.62. The van der Waals surface area contributed by atoms with Crippen LogP contribution in [0.2, 0.25) is 0 Å². The minimum absolute atomic E-state index is 0.409. The van der Waals surface area contributed by atoms with Crippen LogP contribution in [0, 0.1) is 5.92 Å². The molecule has 1 aliphatic heterocycles. The molecule has 2 aliphatic rings. The van der Waals surface area contributed by atoms with Gasteiger partial charge in [-0.2, -0.15) is 0 Å². The van der Waals surface area contributed by atoms with E-state index in [-0.39, 0.29) is 0 Å². The molecule has 0 spiro atoms. The maximum atomic E-state index is 12.3. The second-order valence-corrected chi connectivity index (χ2v) is 8.94. The minimum Gasteiger partial charge on any atom is -0.309 e. The van der Waals surface area contributed by atoms with Crippen LogP contribution >= 0.6 is 11.3 Å². The van der Waals surface area contributed by atoms with Crippen LogP contribution in [0.5, 0.6) is 0 Å². The Balaban J connectivity index is 1.53. The third kappa shape index (κ3) is 4.26. The molecular formula is C14H23N3O2S2. The molecule has 2 heterocycles. The van der Waals surface area contributed by atoms with Crippen molar-refractivity contribution >= 4 is 21.4 Å². The third-order valence-electron chi connectivity index (χ3n) is 4.13. The summed E-state index contributed by atoms with van der Waals surface area (Å²) in [5, 5.41) is 5.15. The predicted octanol–water partition coefficient (Wildman–Crippen LogP) is 1.23. The van der Waals surface area contributed by atoms with Crippen molar-refractivity contribution < 1.29 is 8.42 Å². The van der Waals surface area contributed by atoms with Crippen molar-refractivity contribution in [2.24, 2.45) is 5.92 Å². The average molecular weight is 329 g/mol. The van der Waals surface area contributed by atoms with Crippen LogP contribution in [0.15, 0.2) is 16.3 Å². The van der Waals surface area contributed by atoms with Crippen molar-refractivity contribution in [1.82, 2.24) is 14.9 Å². The van der Waals surface area contributed by atoms with Gasteiger partial charge in [0.25, 0.3) is 0 Å². The Morgan fingerprint density at radius 1 is 1.38 bits per heavy atom. The second kappa shape index (κ2) is 6.34. The molecule has 5 nitrogen and oxygen atoms in total. The van der Waals surface area contributed by atoms with Gasteiger partial charge in [-0.3, -0.25) is 0 Å². The number of hydrogen-bond donors (Lipinski definition) is 2. The van der Waals surface area contributed by atoms with Crippen molar-refractivity contribution in [2.75, 3.05) is 26.7 Å². The Morgan fingerprint density at radius 3 is 2.86 bits per heavy atom. The standard InChI is InChI=1S/C14H23N3O2S2/c1-17-5-4-11(9-17)7-16-21(18,19)14-6-13(20-10-14)8-15-12-2-3-12/h6,10-12,15-16H,2-5,7-9H2,1H3. The van der Waals surface area contributed by atoms with E-state index in [1.807, 2.05) is 0 Å². The lowest BCUT2D eigenvalue weighted by Gasteiger charge is -2.11. The molecule has 21 heavy (non-hydrogen) atoms. The lowest BCUT2D eigenvalue weighted by molar-refractivity contribution is 0.394. The molecule has 0 bridgehead atoms. The summed E-state index contributed by atoms with van der Waals surface area (Å²) in [6.07, 6.45) is 3.56. The zero-order chi connectivity index (χ0) is 14.9. The van der Waals surface area contributed by atoms with Gasteiger partial charge in [-0.25, -0.2) is 13.1 Å². The first kappa shape index (κ1) is 15.4. The number of nitrogens with zero attached hydrogens (tertiary/aromatic N) is 1. The summed E-state index contributed by atoms with van der Waals surface area (Å²) >= 11 is 1.51. The van der Waals surface area contributed by atoms with Gasteiger partial charge in [-0.05, 0) is 44.8 Å². The molecule has 1 saturated carbocycles. The molecule has 0 aromatic carbocycles. The summed E-state index contributed by atoms with van der Waals surface area (Å²) < 4.78 is 27.4. The Kier molecular flexibility index (Phi) is 4.66. The molecule has 1 aromatic rings. The van der Waals surface area contributed by atoms with Gasteiger partial charge in [0, 0.05) is 35.9 Å². The van der Waals surface area contributed by atoms with Crippen molar-refractivity contribution in [3.63, 3.8) is 0 Å². The lowest BCUT2D eigenvalue weighted by atomic mass is 10.1. The molecule has 1 aliphatic carbocycles. The normalized spacial score (nSPS) is 23.8. The van der Waals surface area contributed by atoms with Gasteiger partial charge in [-0.15, -0.1) is 11.3 Å². The molecule has 1 saturated heterocycles. The van der Waals surface area contributed by atoms with Gasteiger partial charge < -0.3 is 10.2 Å². The van der Waals surface area contributed by atoms with Crippen molar-refractivity contribution in [2.45, 2.75) is 36.7 Å². The molecule has 0 radical (unpaired) electrons. The van der Waals surface area contributed by atoms with E-state index in [0.29, 0.717) is 23.4 Å². The summed E-state index contributed by atoms with van der Waals surface area (Å²) in [5.41, 5.74) is 0. The number of likely N-dealkylation sites (tertiary alicyclic amines) is 1. The van der Waals surface area contributed by atoms with E-state index < -0.39 is 10.0 Å². The molecule has 3 rings (SSSR count). The molecule has 0 amide bonds. The van der Waals surface area contributed by atoms with Crippen molar-refractivity contribution in [3.8, 4) is 0 Å². The zero-order valence-corrected chi connectivity index (χ0v) is 14.0. The maximum absolute atomic E-state index is 12.3. The predicted molar refractivity (Wildman–Crippen MR) is 85.0 cm³/mol. The van der Waals surface area contributed by atoms with Crippen LogP contribution in [-0.2, 0) is 16.6 Å². The maximum Gasteiger partial charge on any atom is 0.241 e.